The van der Waals surface area contributed by atoms with Crippen molar-refractivity contribution in [3.63, 3.8) is 0 Å². The summed E-state index contributed by atoms with van der Waals surface area (Å²) in [5, 5.41) is 16.6. The summed E-state index contributed by atoms with van der Waals surface area (Å²) in [4.78, 5) is 17.0. The number of carbonyl (C=O) groups is 1. The molecule has 0 unspecified atom stereocenters. The van der Waals surface area contributed by atoms with E-state index in [1.54, 1.807) is 11.3 Å². The molecule has 6 rings (SSSR count). The number of thiophene rings is 1. The Balaban J connectivity index is 0.000000289. The zero-order chi connectivity index (χ0) is 37.5. The van der Waals surface area contributed by atoms with Crippen molar-refractivity contribution in [2.75, 3.05) is 0 Å². The van der Waals surface area contributed by atoms with Crippen molar-refractivity contribution in [3.05, 3.63) is 76.7 Å². The summed E-state index contributed by atoms with van der Waals surface area (Å²) in [6.45, 7) is 25.4. The molecule has 6 aromatic rings. The summed E-state index contributed by atoms with van der Waals surface area (Å²) in [5.74, 6) is 1.83. The van der Waals surface area contributed by atoms with Crippen LogP contribution in [0.15, 0.2) is 62.6 Å². The number of aliphatic hydroxyl groups excluding tert-OH is 1. The maximum atomic E-state index is 12.2. The Morgan fingerprint density at radius 3 is 2.12 bits per heavy atom. The summed E-state index contributed by atoms with van der Waals surface area (Å²) in [5.41, 5.74) is 6.53. The van der Waals surface area contributed by atoms with Gasteiger partial charge in [-0.2, -0.15) is 11.3 Å². The number of carbonyl (C=O) groups excluding carboxylic acids is 1. The number of ketones is 1. The average molecular weight is 899 g/mol. The normalized spacial score (nSPS) is 12.9. The van der Waals surface area contributed by atoms with Crippen LogP contribution in [0.5, 0.6) is 0 Å². The number of hydrogen-bond donors (Lipinski definition) is 1. The number of furan rings is 2. The number of pyridine rings is 1. The van der Waals surface area contributed by atoms with Crippen LogP contribution in [0.4, 0.5) is 0 Å². The number of aliphatic hydroxyl groups is 1. The smallest absolute Gasteiger partial charge is 0.164 e. The van der Waals surface area contributed by atoms with Gasteiger partial charge < -0.3 is 13.9 Å². The summed E-state index contributed by atoms with van der Waals surface area (Å²) in [6, 6.07) is 14.3. The van der Waals surface area contributed by atoms with Crippen molar-refractivity contribution >= 4 is 60.1 Å². The SMILES string of the molecule is CCC(C)(CC)C(=O)/C=C(\O)C(C)(CC)CC.Cc1oc2cc3c(cc2c1CC(C)C)oc1ccnc(-c2[c-]c4ccsc4c(C(C)(C)C)c2)c13.[Ir]. The Morgan fingerprint density at radius 1 is 0.904 bits per heavy atom. The van der Waals surface area contributed by atoms with Crippen LogP contribution in [0, 0.1) is 29.7 Å². The monoisotopic (exact) mass is 899 g/mol. The minimum atomic E-state index is -0.337. The fraction of sp³-hybridized carbons (Fsp3) is 0.467. The second-order valence-corrected chi connectivity index (χ2v) is 17.1. The van der Waals surface area contributed by atoms with Gasteiger partial charge >= 0.3 is 0 Å². The van der Waals surface area contributed by atoms with Crippen molar-refractivity contribution < 1.29 is 38.8 Å². The van der Waals surface area contributed by atoms with Gasteiger partial charge in [-0.3, -0.25) is 9.78 Å². The zero-order valence-electron chi connectivity index (χ0n) is 33.1. The average Bonchev–Trinajstić information content (AvgIpc) is 3.80. The first-order valence-electron chi connectivity index (χ1n) is 18.6. The summed E-state index contributed by atoms with van der Waals surface area (Å²) in [6.07, 6.45) is 7.58. The van der Waals surface area contributed by atoms with Crippen molar-refractivity contribution in [1.82, 2.24) is 4.98 Å². The van der Waals surface area contributed by atoms with Crippen molar-refractivity contribution in [1.29, 1.82) is 0 Å². The van der Waals surface area contributed by atoms with Gasteiger partial charge in [0.2, 0.25) is 0 Å². The molecule has 281 valence electrons. The van der Waals surface area contributed by atoms with Crippen LogP contribution in [0.25, 0.3) is 54.3 Å². The van der Waals surface area contributed by atoms with Gasteiger partial charge in [0, 0.05) is 70.6 Å². The van der Waals surface area contributed by atoms with Crippen LogP contribution in [-0.4, -0.2) is 15.9 Å². The molecular formula is C45H56IrNO4S-. The molecule has 5 nitrogen and oxygen atoms in total. The first kappa shape index (κ1) is 41.5. The van der Waals surface area contributed by atoms with Gasteiger partial charge in [-0.25, -0.2) is 0 Å². The fourth-order valence-corrected chi connectivity index (χ4v) is 7.80. The van der Waals surface area contributed by atoms with E-state index in [-0.39, 0.29) is 47.9 Å². The molecule has 0 aliphatic carbocycles. The van der Waals surface area contributed by atoms with E-state index in [0.29, 0.717) is 5.92 Å². The minimum absolute atomic E-state index is 0. The maximum absolute atomic E-state index is 12.2. The number of benzene rings is 2. The Labute approximate surface area is 327 Å². The maximum Gasteiger partial charge on any atom is 0.164 e. The van der Waals surface area contributed by atoms with Crippen LogP contribution >= 0.6 is 11.3 Å². The quantitative estimate of drug-likeness (QED) is 0.0842. The molecule has 0 spiro atoms. The minimum Gasteiger partial charge on any atom is -0.512 e. The van der Waals surface area contributed by atoms with Gasteiger partial charge in [-0.15, -0.1) is 23.6 Å². The van der Waals surface area contributed by atoms with Gasteiger partial charge in [0.1, 0.15) is 28.3 Å². The van der Waals surface area contributed by atoms with E-state index in [9.17, 15) is 9.90 Å². The molecule has 0 aliphatic heterocycles. The van der Waals surface area contributed by atoms with Gasteiger partial charge in [0.25, 0.3) is 0 Å². The Bertz CT molecular complexity index is 2220. The van der Waals surface area contributed by atoms with E-state index in [1.165, 1.54) is 21.9 Å². The molecule has 0 saturated carbocycles. The molecule has 7 heteroatoms. The molecule has 0 atom stereocenters. The van der Waals surface area contributed by atoms with E-state index in [0.717, 1.165) is 87.4 Å². The van der Waals surface area contributed by atoms with Crippen molar-refractivity contribution in [3.8, 4) is 11.3 Å². The molecule has 4 aromatic heterocycles. The largest absolute Gasteiger partial charge is 0.512 e. The topological polar surface area (TPSA) is 76.5 Å². The molecule has 0 saturated heterocycles. The van der Waals surface area contributed by atoms with Crippen molar-refractivity contribution in [2.45, 2.75) is 121 Å². The first-order valence-corrected chi connectivity index (χ1v) is 19.5. The standard InChI is InChI=1S/C30H28NO2S.C15H28O2.Ir/c1-16(2)11-20-17(3)32-25-15-22-26(14-21(20)25)33-24-7-9-31-28(27(22)24)19-12-18-8-10-34-29(18)23(13-19)30(4,5)6;1-7-14(5,8-2)12(16)11-13(17)15(6,9-3)10-4;/h7-10,13-16H,11H2,1-6H3;11,16H,7-10H2,1-6H3;/q-1;;/b;12-11-;. The molecule has 1 radical (unpaired) electrons. The molecule has 52 heavy (non-hydrogen) atoms. The number of aromatic nitrogens is 1. The second-order valence-electron chi connectivity index (χ2n) is 16.2. The Hall–Kier alpha value is -3.25. The number of rotatable bonds is 10. The zero-order valence-corrected chi connectivity index (χ0v) is 36.3. The fourth-order valence-electron chi connectivity index (χ4n) is 6.73. The van der Waals surface area contributed by atoms with Crippen LogP contribution in [0.1, 0.15) is 119 Å². The summed E-state index contributed by atoms with van der Waals surface area (Å²) in [7, 11) is 0. The van der Waals surface area contributed by atoms with Crippen molar-refractivity contribution in [2.24, 2.45) is 16.7 Å². The Kier molecular flexibility index (Phi) is 12.8. The van der Waals surface area contributed by atoms with E-state index >= 15 is 0 Å². The molecule has 0 bridgehead atoms. The first-order chi connectivity index (χ1) is 24.0. The molecule has 0 amide bonds. The van der Waals surface area contributed by atoms with Gasteiger partial charge in [0.15, 0.2) is 5.78 Å². The predicted octanol–water partition coefficient (Wildman–Crippen LogP) is 13.9. The molecule has 2 aromatic carbocycles. The predicted molar refractivity (Wildman–Crippen MR) is 216 cm³/mol. The third-order valence-electron chi connectivity index (χ3n) is 11.2. The number of fused-ring (bicyclic) bond motifs is 5. The Morgan fingerprint density at radius 2 is 1.52 bits per heavy atom. The van der Waals surface area contributed by atoms with Gasteiger partial charge in [-0.1, -0.05) is 87.3 Å². The van der Waals surface area contributed by atoms with Gasteiger partial charge in [-0.05, 0) is 78.6 Å². The van der Waals surface area contributed by atoms with E-state index in [2.05, 4.69) is 77.3 Å². The summed E-state index contributed by atoms with van der Waals surface area (Å²) < 4.78 is 13.9. The molecule has 0 fully saturated rings. The molecule has 4 heterocycles. The van der Waals surface area contributed by atoms with E-state index in [4.69, 9.17) is 13.8 Å². The molecular weight excluding hydrogens is 843 g/mol. The van der Waals surface area contributed by atoms with Crippen LogP contribution in [0.2, 0.25) is 0 Å². The number of hydrogen-bond acceptors (Lipinski definition) is 6. The van der Waals surface area contributed by atoms with E-state index in [1.807, 2.05) is 53.8 Å². The molecule has 0 aliphatic rings. The van der Waals surface area contributed by atoms with E-state index < -0.39 is 0 Å². The third-order valence-corrected chi connectivity index (χ3v) is 12.2. The number of nitrogens with zero attached hydrogens (tertiary/aromatic N) is 1. The second kappa shape index (κ2) is 16.0. The number of allylic oxidation sites excluding steroid dienone is 2. The van der Waals surface area contributed by atoms with Gasteiger partial charge in [0.05, 0.1) is 0 Å². The van der Waals surface area contributed by atoms with Crippen LogP contribution in [-0.2, 0) is 36.7 Å². The third kappa shape index (κ3) is 7.98. The van der Waals surface area contributed by atoms with Crippen LogP contribution in [0.3, 0.4) is 0 Å². The molecule has 1 N–H and O–H groups in total. The number of aryl methyl sites for hydroxylation is 1. The van der Waals surface area contributed by atoms with Crippen LogP contribution < -0.4 is 0 Å². The summed E-state index contributed by atoms with van der Waals surface area (Å²) >= 11 is 1.78.